The largest absolute Gasteiger partial charge is 0.441 e. The van der Waals surface area contributed by atoms with Crippen LogP contribution < -0.4 is 5.32 Å². The molecule has 4 aliphatic rings. The maximum Gasteiger partial charge on any atom is 0.416 e. The summed E-state index contributed by atoms with van der Waals surface area (Å²) in [5, 5.41) is 2.70. The van der Waals surface area contributed by atoms with E-state index in [0.717, 1.165) is 56.5 Å². The van der Waals surface area contributed by atoms with Crippen molar-refractivity contribution in [2.24, 2.45) is 17.8 Å². The number of likely N-dealkylation sites (tertiary alicyclic amines) is 2. The Bertz CT molecular complexity index is 1090. The summed E-state index contributed by atoms with van der Waals surface area (Å²) in [6.45, 7) is 4.50. The summed E-state index contributed by atoms with van der Waals surface area (Å²) in [4.78, 5) is 43.7. The van der Waals surface area contributed by atoms with Gasteiger partial charge in [-0.25, -0.2) is 4.79 Å². The van der Waals surface area contributed by atoms with Gasteiger partial charge in [-0.1, -0.05) is 12.1 Å². The minimum Gasteiger partial charge on any atom is -0.441 e. The molecule has 3 heterocycles. The second kappa shape index (κ2) is 12.2. The van der Waals surface area contributed by atoms with Gasteiger partial charge < -0.3 is 19.9 Å². The molecule has 1 aromatic carbocycles. The first-order valence-electron chi connectivity index (χ1n) is 14.9. The SMILES string of the molecule is CNC(=O)C1CCN(C(=O)[C@H]2CC[C@H](CN3CC4(CCN(Cc5ccc(C(F)(F)F)cc5)CC4)OC3=O)CC2)CC1. The second-order valence-corrected chi connectivity index (χ2v) is 12.3. The maximum atomic E-state index is 13.1. The van der Waals surface area contributed by atoms with Crippen molar-refractivity contribution in [3.63, 3.8) is 0 Å². The van der Waals surface area contributed by atoms with Crippen LogP contribution in [0, 0.1) is 17.8 Å². The van der Waals surface area contributed by atoms with Crippen molar-refractivity contribution in [2.45, 2.75) is 69.7 Å². The van der Waals surface area contributed by atoms with E-state index in [0.29, 0.717) is 64.3 Å². The van der Waals surface area contributed by atoms with Gasteiger partial charge in [-0.15, -0.1) is 0 Å². The van der Waals surface area contributed by atoms with Gasteiger partial charge >= 0.3 is 12.3 Å². The average molecular weight is 579 g/mol. The third kappa shape index (κ3) is 6.98. The van der Waals surface area contributed by atoms with E-state index in [4.69, 9.17) is 4.74 Å². The fraction of sp³-hybridized carbons (Fsp3) is 0.700. The topological polar surface area (TPSA) is 82.2 Å². The van der Waals surface area contributed by atoms with Crippen LogP contribution in [-0.4, -0.2) is 84.5 Å². The summed E-state index contributed by atoms with van der Waals surface area (Å²) in [6, 6.07) is 5.31. The molecule has 1 spiro atoms. The minimum atomic E-state index is -4.34. The van der Waals surface area contributed by atoms with Crippen LogP contribution in [0.4, 0.5) is 18.0 Å². The predicted molar refractivity (Wildman–Crippen MR) is 146 cm³/mol. The molecule has 0 aromatic heterocycles. The number of piperidine rings is 2. The molecule has 0 unspecified atom stereocenters. The van der Waals surface area contributed by atoms with Crippen molar-refractivity contribution in [3.05, 3.63) is 35.4 Å². The number of amides is 3. The normalized spacial score (nSPS) is 25.8. The molecule has 41 heavy (non-hydrogen) atoms. The molecule has 3 amide bonds. The number of carbonyl (C=O) groups excluding carboxylic acids is 3. The van der Waals surface area contributed by atoms with Crippen molar-refractivity contribution in [1.82, 2.24) is 20.0 Å². The van der Waals surface area contributed by atoms with Crippen LogP contribution in [0.2, 0.25) is 0 Å². The molecule has 226 valence electrons. The van der Waals surface area contributed by atoms with Crippen LogP contribution in [0.15, 0.2) is 24.3 Å². The van der Waals surface area contributed by atoms with Crippen molar-refractivity contribution in [2.75, 3.05) is 46.3 Å². The molecule has 1 aromatic rings. The summed E-state index contributed by atoms with van der Waals surface area (Å²) < 4.78 is 44.4. The van der Waals surface area contributed by atoms with E-state index < -0.39 is 17.3 Å². The first kappa shape index (κ1) is 29.7. The maximum absolute atomic E-state index is 13.1. The predicted octanol–water partition coefficient (Wildman–Crippen LogP) is 4.28. The Hall–Kier alpha value is -2.82. The molecule has 1 aliphatic carbocycles. The lowest BCUT2D eigenvalue weighted by atomic mass is 9.80. The molecule has 0 bridgehead atoms. The standard InChI is InChI=1S/C30H41F3N4O4/c1-34-26(38)23-10-14-36(15-11-23)27(39)24-6-2-22(3-7-24)19-37-20-29(41-28(37)40)12-16-35(17-13-29)18-21-4-8-25(9-5-21)30(31,32)33/h4-5,8-9,22-24H,2-3,6-7,10-20H2,1H3,(H,34,38)/t22-,24-. The Morgan fingerprint density at radius 1 is 0.951 bits per heavy atom. The monoisotopic (exact) mass is 578 g/mol. The molecule has 11 heteroatoms. The highest BCUT2D eigenvalue weighted by molar-refractivity contribution is 5.81. The van der Waals surface area contributed by atoms with Gasteiger partial charge in [0.1, 0.15) is 5.60 Å². The van der Waals surface area contributed by atoms with E-state index in [1.165, 1.54) is 12.1 Å². The van der Waals surface area contributed by atoms with E-state index >= 15 is 0 Å². The van der Waals surface area contributed by atoms with E-state index in [9.17, 15) is 27.6 Å². The number of halogens is 3. The highest BCUT2D eigenvalue weighted by Gasteiger charge is 2.47. The average Bonchev–Trinajstić information content (AvgIpc) is 3.27. The summed E-state index contributed by atoms with van der Waals surface area (Å²) >= 11 is 0. The number of carbonyl (C=O) groups is 3. The lowest BCUT2D eigenvalue weighted by Gasteiger charge is -2.38. The van der Waals surface area contributed by atoms with Gasteiger partial charge in [0.25, 0.3) is 0 Å². The van der Waals surface area contributed by atoms with Gasteiger partial charge in [-0.2, -0.15) is 13.2 Å². The first-order chi connectivity index (χ1) is 19.5. The van der Waals surface area contributed by atoms with Crippen LogP contribution in [-0.2, 0) is 27.0 Å². The summed E-state index contributed by atoms with van der Waals surface area (Å²) in [6.07, 6.45) is 1.69. The molecule has 5 rings (SSSR count). The van der Waals surface area contributed by atoms with Crippen LogP contribution in [0.1, 0.15) is 62.5 Å². The third-order valence-electron chi connectivity index (χ3n) is 9.59. The molecular weight excluding hydrogens is 537 g/mol. The lowest BCUT2D eigenvalue weighted by molar-refractivity contribution is -0.140. The van der Waals surface area contributed by atoms with Crippen molar-refractivity contribution in [3.8, 4) is 0 Å². The Morgan fingerprint density at radius 3 is 2.17 bits per heavy atom. The molecule has 4 fully saturated rings. The molecule has 1 N–H and O–H groups in total. The zero-order valence-electron chi connectivity index (χ0n) is 23.8. The number of ether oxygens (including phenoxy) is 1. The van der Waals surface area contributed by atoms with Gasteiger partial charge in [0.15, 0.2) is 0 Å². The number of hydrogen-bond donors (Lipinski definition) is 1. The molecular formula is C30H41F3N4O4. The summed E-state index contributed by atoms with van der Waals surface area (Å²) in [5.74, 6) is 0.633. The number of rotatable bonds is 6. The Balaban J connectivity index is 1.04. The Morgan fingerprint density at radius 2 is 1.59 bits per heavy atom. The highest BCUT2D eigenvalue weighted by atomic mass is 19.4. The van der Waals surface area contributed by atoms with E-state index in [-0.39, 0.29) is 29.7 Å². The van der Waals surface area contributed by atoms with Crippen molar-refractivity contribution < 1.29 is 32.3 Å². The Kier molecular flexibility index (Phi) is 8.82. The molecule has 3 saturated heterocycles. The zero-order valence-corrected chi connectivity index (χ0v) is 23.8. The van der Waals surface area contributed by atoms with Crippen molar-refractivity contribution >= 4 is 17.9 Å². The molecule has 1 saturated carbocycles. The quantitative estimate of drug-likeness (QED) is 0.545. The van der Waals surface area contributed by atoms with E-state index in [2.05, 4.69) is 10.2 Å². The van der Waals surface area contributed by atoms with Crippen LogP contribution in [0.3, 0.4) is 0 Å². The number of alkyl halides is 3. The number of benzene rings is 1. The zero-order chi connectivity index (χ0) is 29.2. The Labute approximate surface area is 239 Å². The first-order valence-corrected chi connectivity index (χ1v) is 14.9. The van der Waals surface area contributed by atoms with Crippen molar-refractivity contribution in [1.29, 1.82) is 0 Å². The van der Waals surface area contributed by atoms with Gasteiger partial charge in [0.2, 0.25) is 11.8 Å². The number of nitrogens with zero attached hydrogens (tertiary/aromatic N) is 3. The number of hydrogen-bond acceptors (Lipinski definition) is 5. The van der Waals surface area contributed by atoms with Crippen LogP contribution >= 0.6 is 0 Å². The summed E-state index contributed by atoms with van der Waals surface area (Å²) in [5.41, 5.74) is -0.306. The lowest BCUT2D eigenvalue weighted by Crippen LogP contribution is -2.47. The minimum absolute atomic E-state index is 0.00503. The van der Waals surface area contributed by atoms with E-state index in [1.807, 2.05) is 9.80 Å². The fourth-order valence-electron chi connectivity index (χ4n) is 7.00. The van der Waals surface area contributed by atoms with E-state index in [1.54, 1.807) is 7.05 Å². The molecule has 8 nitrogen and oxygen atoms in total. The number of nitrogens with one attached hydrogen (secondary N) is 1. The smallest absolute Gasteiger partial charge is 0.416 e. The van der Waals surface area contributed by atoms with Gasteiger partial charge in [0, 0.05) is 71.0 Å². The second-order valence-electron chi connectivity index (χ2n) is 12.3. The third-order valence-corrected chi connectivity index (χ3v) is 9.59. The van der Waals surface area contributed by atoms with Crippen LogP contribution in [0.5, 0.6) is 0 Å². The summed E-state index contributed by atoms with van der Waals surface area (Å²) in [7, 11) is 1.65. The van der Waals surface area contributed by atoms with Gasteiger partial charge in [-0.05, 0) is 62.1 Å². The molecule has 0 radical (unpaired) electrons. The molecule has 3 aliphatic heterocycles. The van der Waals surface area contributed by atoms with Gasteiger partial charge in [0.05, 0.1) is 12.1 Å². The molecule has 0 atom stereocenters. The highest BCUT2D eigenvalue weighted by Crippen LogP contribution is 2.37. The fourth-order valence-corrected chi connectivity index (χ4v) is 7.00. The van der Waals surface area contributed by atoms with Gasteiger partial charge in [-0.3, -0.25) is 14.5 Å². The van der Waals surface area contributed by atoms with Crippen LogP contribution in [0.25, 0.3) is 0 Å².